The van der Waals surface area contributed by atoms with Gasteiger partial charge in [0.05, 0.1) is 16.0 Å². The SMILES string of the molecule is O=[N+]([O-])c1ccc(OS(=O)(=O)n2cnc3ccccc32)cc1. The second-order valence-corrected chi connectivity index (χ2v) is 5.74. The number of aromatic nitrogens is 2. The molecule has 112 valence electrons. The summed E-state index contributed by atoms with van der Waals surface area (Å²) in [6.45, 7) is 0. The van der Waals surface area contributed by atoms with Crippen molar-refractivity contribution in [3.8, 4) is 5.75 Å². The molecule has 22 heavy (non-hydrogen) atoms. The Labute approximate surface area is 125 Å². The van der Waals surface area contributed by atoms with Crippen LogP contribution in [0, 0.1) is 10.1 Å². The van der Waals surface area contributed by atoms with E-state index in [1.165, 1.54) is 12.1 Å². The Balaban J connectivity index is 1.95. The molecule has 9 heteroatoms. The summed E-state index contributed by atoms with van der Waals surface area (Å²) in [5, 5.41) is 10.6. The Morgan fingerprint density at radius 1 is 1.09 bits per heavy atom. The number of nitrogens with zero attached hydrogens (tertiary/aromatic N) is 3. The summed E-state index contributed by atoms with van der Waals surface area (Å²) in [6, 6.07) is 11.5. The van der Waals surface area contributed by atoms with E-state index in [1.807, 2.05) is 0 Å². The summed E-state index contributed by atoms with van der Waals surface area (Å²) in [7, 11) is -4.15. The Hall–Kier alpha value is -2.94. The molecular formula is C13H9N3O5S. The largest absolute Gasteiger partial charge is 0.415 e. The van der Waals surface area contributed by atoms with E-state index in [0.29, 0.717) is 11.0 Å². The zero-order valence-electron chi connectivity index (χ0n) is 11.0. The first-order valence-electron chi connectivity index (χ1n) is 6.09. The molecule has 0 bridgehead atoms. The van der Waals surface area contributed by atoms with Crippen LogP contribution >= 0.6 is 0 Å². The highest BCUT2D eigenvalue weighted by Crippen LogP contribution is 2.21. The normalized spacial score (nSPS) is 11.5. The van der Waals surface area contributed by atoms with Crippen LogP contribution < -0.4 is 4.18 Å². The van der Waals surface area contributed by atoms with Gasteiger partial charge in [-0.2, -0.15) is 12.4 Å². The Kier molecular flexibility index (Phi) is 3.26. The lowest BCUT2D eigenvalue weighted by molar-refractivity contribution is -0.384. The van der Waals surface area contributed by atoms with Crippen molar-refractivity contribution in [1.82, 2.24) is 8.96 Å². The standard InChI is InChI=1S/C13H9N3O5S/c17-16(18)10-5-7-11(8-6-10)21-22(19,20)15-9-14-12-3-1-2-4-13(12)15/h1-9H. The van der Waals surface area contributed by atoms with E-state index in [4.69, 9.17) is 4.18 Å². The number of para-hydroxylation sites is 2. The van der Waals surface area contributed by atoms with Gasteiger partial charge in [0.2, 0.25) is 0 Å². The zero-order chi connectivity index (χ0) is 15.7. The van der Waals surface area contributed by atoms with E-state index in [9.17, 15) is 18.5 Å². The molecule has 0 aliphatic rings. The van der Waals surface area contributed by atoms with E-state index in [-0.39, 0.29) is 11.4 Å². The number of non-ortho nitro benzene ring substituents is 1. The fourth-order valence-corrected chi connectivity index (χ4v) is 2.89. The highest BCUT2D eigenvalue weighted by atomic mass is 32.2. The molecule has 8 nitrogen and oxygen atoms in total. The number of benzene rings is 2. The van der Waals surface area contributed by atoms with Gasteiger partial charge in [0.15, 0.2) is 0 Å². The number of hydrogen-bond acceptors (Lipinski definition) is 6. The molecule has 0 spiro atoms. The van der Waals surface area contributed by atoms with Crippen molar-refractivity contribution in [3.05, 3.63) is 65.0 Å². The second-order valence-electron chi connectivity index (χ2n) is 4.32. The number of fused-ring (bicyclic) bond motifs is 1. The maximum Gasteiger partial charge on any atom is 0.415 e. The molecule has 0 saturated heterocycles. The number of hydrogen-bond donors (Lipinski definition) is 0. The summed E-state index contributed by atoms with van der Waals surface area (Å²) in [5.74, 6) is -0.0246. The first kappa shape index (κ1) is 14.0. The van der Waals surface area contributed by atoms with Crippen molar-refractivity contribution < 1.29 is 17.5 Å². The molecule has 0 fully saturated rings. The van der Waals surface area contributed by atoms with Gasteiger partial charge in [0, 0.05) is 12.1 Å². The van der Waals surface area contributed by atoms with E-state index in [2.05, 4.69) is 4.98 Å². The minimum Gasteiger partial charge on any atom is -0.366 e. The predicted molar refractivity (Wildman–Crippen MR) is 77.8 cm³/mol. The maximum absolute atomic E-state index is 12.3. The van der Waals surface area contributed by atoms with Gasteiger partial charge in [-0.25, -0.2) is 4.98 Å². The minimum atomic E-state index is -4.15. The van der Waals surface area contributed by atoms with E-state index >= 15 is 0 Å². The Morgan fingerprint density at radius 2 is 1.77 bits per heavy atom. The van der Waals surface area contributed by atoms with Gasteiger partial charge < -0.3 is 4.18 Å². The van der Waals surface area contributed by atoms with Gasteiger partial charge in [0.25, 0.3) is 5.69 Å². The van der Waals surface area contributed by atoms with Crippen molar-refractivity contribution in [2.75, 3.05) is 0 Å². The zero-order valence-corrected chi connectivity index (χ0v) is 11.8. The molecule has 3 rings (SSSR count). The molecule has 0 aliphatic carbocycles. The molecule has 2 aromatic carbocycles. The van der Waals surface area contributed by atoms with Gasteiger partial charge in [0.1, 0.15) is 12.1 Å². The smallest absolute Gasteiger partial charge is 0.366 e. The van der Waals surface area contributed by atoms with Crippen LogP contribution in [-0.2, 0) is 10.3 Å². The number of imidazole rings is 1. The molecular weight excluding hydrogens is 310 g/mol. The van der Waals surface area contributed by atoms with Crippen LogP contribution in [0.15, 0.2) is 54.9 Å². The molecule has 0 N–H and O–H groups in total. The third-order valence-electron chi connectivity index (χ3n) is 2.91. The van der Waals surface area contributed by atoms with E-state index < -0.39 is 15.2 Å². The number of nitro benzene ring substituents is 1. The summed E-state index contributed by atoms with van der Waals surface area (Å²) in [5.41, 5.74) is 0.737. The molecule has 3 aromatic rings. The minimum absolute atomic E-state index is 0.0246. The summed E-state index contributed by atoms with van der Waals surface area (Å²) in [4.78, 5) is 14.0. The van der Waals surface area contributed by atoms with Crippen molar-refractivity contribution in [2.45, 2.75) is 0 Å². The van der Waals surface area contributed by atoms with Gasteiger partial charge in [-0.05, 0) is 24.3 Å². The third kappa shape index (κ3) is 2.49. The monoisotopic (exact) mass is 319 g/mol. The molecule has 0 amide bonds. The molecule has 0 aliphatic heterocycles. The number of nitro groups is 1. The van der Waals surface area contributed by atoms with Gasteiger partial charge >= 0.3 is 10.3 Å². The first-order valence-corrected chi connectivity index (χ1v) is 7.45. The Morgan fingerprint density at radius 3 is 2.45 bits per heavy atom. The highest BCUT2D eigenvalue weighted by Gasteiger charge is 2.19. The van der Waals surface area contributed by atoms with E-state index in [1.54, 1.807) is 24.3 Å². The van der Waals surface area contributed by atoms with Crippen LogP contribution in [0.2, 0.25) is 0 Å². The lowest BCUT2D eigenvalue weighted by Crippen LogP contribution is -2.18. The molecule has 1 aromatic heterocycles. The van der Waals surface area contributed by atoms with Crippen LogP contribution in [0.3, 0.4) is 0 Å². The van der Waals surface area contributed by atoms with Gasteiger partial charge in [-0.15, -0.1) is 0 Å². The molecule has 0 radical (unpaired) electrons. The van der Waals surface area contributed by atoms with Crippen LogP contribution in [0.1, 0.15) is 0 Å². The summed E-state index contributed by atoms with van der Waals surface area (Å²) >= 11 is 0. The van der Waals surface area contributed by atoms with Crippen LogP contribution in [0.5, 0.6) is 5.75 Å². The van der Waals surface area contributed by atoms with Crippen LogP contribution in [-0.4, -0.2) is 22.3 Å². The maximum atomic E-state index is 12.3. The molecule has 0 saturated carbocycles. The summed E-state index contributed by atoms with van der Waals surface area (Å²) in [6.07, 6.45) is 1.14. The number of rotatable bonds is 4. The van der Waals surface area contributed by atoms with Crippen molar-refractivity contribution >= 4 is 27.0 Å². The quantitative estimate of drug-likeness (QED) is 0.539. The van der Waals surface area contributed by atoms with Crippen LogP contribution in [0.4, 0.5) is 5.69 Å². The molecule has 0 unspecified atom stereocenters. The highest BCUT2D eigenvalue weighted by molar-refractivity contribution is 7.85. The first-order chi connectivity index (χ1) is 10.5. The Bertz CT molecular complexity index is 947. The fourth-order valence-electron chi connectivity index (χ4n) is 1.90. The van der Waals surface area contributed by atoms with Gasteiger partial charge in [-0.1, -0.05) is 12.1 Å². The second kappa shape index (κ2) is 5.11. The topological polar surface area (TPSA) is 104 Å². The summed E-state index contributed by atoms with van der Waals surface area (Å²) < 4.78 is 30.4. The van der Waals surface area contributed by atoms with Crippen LogP contribution in [0.25, 0.3) is 11.0 Å². The molecule has 0 atom stereocenters. The fraction of sp³-hybridized carbons (Fsp3) is 0. The lowest BCUT2D eigenvalue weighted by atomic mass is 10.3. The lowest BCUT2D eigenvalue weighted by Gasteiger charge is -2.07. The van der Waals surface area contributed by atoms with Crippen molar-refractivity contribution in [2.24, 2.45) is 0 Å². The third-order valence-corrected chi connectivity index (χ3v) is 4.09. The van der Waals surface area contributed by atoms with E-state index in [0.717, 1.165) is 22.4 Å². The molecule has 1 heterocycles. The predicted octanol–water partition coefficient (Wildman–Crippen LogP) is 2.12. The average Bonchev–Trinajstić information content (AvgIpc) is 2.92. The van der Waals surface area contributed by atoms with Crippen molar-refractivity contribution in [1.29, 1.82) is 0 Å². The van der Waals surface area contributed by atoms with Crippen molar-refractivity contribution in [3.63, 3.8) is 0 Å². The average molecular weight is 319 g/mol. The van der Waals surface area contributed by atoms with Gasteiger partial charge in [-0.3, -0.25) is 10.1 Å².